The Balaban J connectivity index is 1.69. The molecular formula is C17H32N2O3. The second-order valence-corrected chi connectivity index (χ2v) is 7.14. The van der Waals surface area contributed by atoms with Crippen LogP contribution in [0, 0.1) is 0 Å². The van der Waals surface area contributed by atoms with Crippen molar-refractivity contribution in [2.24, 2.45) is 0 Å². The summed E-state index contributed by atoms with van der Waals surface area (Å²) < 4.78 is 11.7. The van der Waals surface area contributed by atoms with Gasteiger partial charge in [0.05, 0.1) is 17.8 Å². The molecule has 128 valence electrons. The lowest BCUT2D eigenvalue weighted by molar-refractivity contribution is -0.0135. The second kappa shape index (κ2) is 8.16. The quantitative estimate of drug-likeness (QED) is 0.849. The molecule has 2 aliphatic heterocycles. The van der Waals surface area contributed by atoms with Crippen LogP contribution in [-0.4, -0.2) is 55.0 Å². The van der Waals surface area contributed by atoms with Crippen LogP contribution in [-0.2, 0) is 9.47 Å². The molecule has 0 radical (unpaired) electrons. The zero-order valence-electron chi connectivity index (χ0n) is 14.4. The van der Waals surface area contributed by atoms with Crippen LogP contribution in [0.3, 0.4) is 0 Å². The van der Waals surface area contributed by atoms with E-state index in [9.17, 15) is 4.79 Å². The summed E-state index contributed by atoms with van der Waals surface area (Å²) in [5.74, 6) is 0. The fourth-order valence-electron chi connectivity index (χ4n) is 3.25. The van der Waals surface area contributed by atoms with Crippen LogP contribution in [0.2, 0.25) is 0 Å². The molecule has 22 heavy (non-hydrogen) atoms. The van der Waals surface area contributed by atoms with Crippen molar-refractivity contribution in [3.63, 3.8) is 0 Å². The molecular weight excluding hydrogens is 280 g/mol. The minimum atomic E-state index is -0.0398. The molecule has 0 bridgehead atoms. The van der Waals surface area contributed by atoms with Gasteiger partial charge in [-0.3, -0.25) is 0 Å². The van der Waals surface area contributed by atoms with Gasteiger partial charge < -0.3 is 19.7 Å². The summed E-state index contributed by atoms with van der Waals surface area (Å²) in [5, 5.41) is 3.04. The number of urea groups is 1. The highest BCUT2D eigenvalue weighted by atomic mass is 16.5. The molecule has 0 spiro atoms. The Bertz CT molecular complexity index is 360. The van der Waals surface area contributed by atoms with Gasteiger partial charge in [0.25, 0.3) is 0 Å². The molecule has 5 nitrogen and oxygen atoms in total. The largest absolute Gasteiger partial charge is 0.378 e. The van der Waals surface area contributed by atoms with Gasteiger partial charge in [-0.05, 0) is 52.4 Å². The van der Waals surface area contributed by atoms with Gasteiger partial charge in [-0.2, -0.15) is 0 Å². The highest BCUT2D eigenvalue weighted by molar-refractivity contribution is 5.74. The molecule has 2 aliphatic rings. The van der Waals surface area contributed by atoms with Crippen molar-refractivity contribution in [1.29, 1.82) is 0 Å². The van der Waals surface area contributed by atoms with Crippen molar-refractivity contribution in [2.75, 3.05) is 26.2 Å². The van der Waals surface area contributed by atoms with Crippen LogP contribution in [0.5, 0.6) is 0 Å². The summed E-state index contributed by atoms with van der Waals surface area (Å²) in [6.07, 6.45) is 6.65. The third-order valence-corrected chi connectivity index (χ3v) is 4.56. The first-order valence-corrected chi connectivity index (χ1v) is 8.82. The van der Waals surface area contributed by atoms with Crippen molar-refractivity contribution in [3.05, 3.63) is 0 Å². The molecule has 0 aromatic carbocycles. The number of likely N-dealkylation sites (tertiary alicyclic amines) is 1. The number of ether oxygens (including phenoxy) is 2. The number of hydrogen-bond acceptors (Lipinski definition) is 3. The summed E-state index contributed by atoms with van der Waals surface area (Å²) in [5.41, 5.74) is -0.0398. The first kappa shape index (κ1) is 17.5. The van der Waals surface area contributed by atoms with E-state index >= 15 is 0 Å². The van der Waals surface area contributed by atoms with Gasteiger partial charge in [0.2, 0.25) is 0 Å². The Morgan fingerprint density at radius 1 is 1.32 bits per heavy atom. The number of hydrogen-bond donors (Lipinski definition) is 1. The van der Waals surface area contributed by atoms with E-state index < -0.39 is 0 Å². The predicted molar refractivity (Wildman–Crippen MR) is 87.0 cm³/mol. The average molecular weight is 312 g/mol. The molecule has 5 heteroatoms. The number of carbonyl (C=O) groups excluding carboxylic acids is 1. The van der Waals surface area contributed by atoms with E-state index in [0.717, 1.165) is 58.2 Å². The van der Waals surface area contributed by atoms with Crippen LogP contribution >= 0.6 is 0 Å². The normalized spacial score (nSPS) is 28.4. The lowest BCUT2D eigenvalue weighted by Crippen LogP contribution is -2.43. The molecule has 2 saturated heterocycles. The van der Waals surface area contributed by atoms with E-state index in [1.54, 1.807) is 0 Å². The molecule has 2 rings (SSSR count). The molecule has 0 saturated carbocycles. The first-order valence-electron chi connectivity index (χ1n) is 8.82. The average Bonchev–Trinajstić information content (AvgIpc) is 2.70. The zero-order chi connectivity index (χ0) is 16.0. The van der Waals surface area contributed by atoms with Crippen molar-refractivity contribution < 1.29 is 14.3 Å². The van der Waals surface area contributed by atoms with E-state index in [4.69, 9.17) is 9.47 Å². The lowest BCUT2D eigenvalue weighted by atomic mass is 10.1. The van der Waals surface area contributed by atoms with Crippen molar-refractivity contribution in [3.8, 4) is 0 Å². The highest BCUT2D eigenvalue weighted by Gasteiger charge is 2.32. The molecule has 1 N–H and O–H groups in total. The maximum absolute atomic E-state index is 12.3. The monoisotopic (exact) mass is 312 g/mol. The fraction of sp³-hybridized carbons (Fsp3) is 0.941. The van der Waals surface area contributed by atoms with Crippen molar-refractivity contribution in [1.82, 2.24) is 10.2 Å². The van der Waals surface area contributed by atoms with E-state index in [1.165, 1.54) is 0 Å². The van der Waals surface area contributed by atoms with E-state index in [0.29, 0.717) is 12.6 Å². The summed E-state index contributed by atoms with van der Waals surface area (Å²) in [6, 6.07) is 0.0458. The van der Waals surface area contributed by atoms with Gasteiger partial charge in [-0.15, -0.1) is 0 Å². The number of rotatable bonds is 5. The van der Waals surface area contributed by atoms with Crippen LogP contribution in [0.25, 0.3) is 0 Å². The molecule has 2 amide bonds. The minimum Gasteiger partial charge on any atom is -0.378 e. The number of carbonyl (C=O) groups is 1. The van der Waals surface area contributed by atoms with Gasteiger partial charge in [0.15, 0.2) is 0 Å². The number of nitrogens with zero attached hydrogens (tertiary/aromatic N) is 1. The number of nitrogens with one attached hydrogen (secondary N) is 1. The van der Waals surface area contributed by atoms with Crippen molar-refractivity contribution >= 4 is 6.03 Å². The predicted octanol–water partition coefficient (Wildman–Crippen LogP) is 2.93. The fourth-order valence-corrected chi connectivity index (χ4v) is 3.25. The lowest BCUT2D eigenvalue weighted by Gasteiger charge is -2.23. The van der Waals surface area contributed by atoms with E-state index in [-0.39, 0.29) is 17.7 Å². The van der Waals surface area contributed by atoms with Gasteiger partial charge >= 0.3 is 6.03 Å². The third-order valence-electron chi connectivity index (χ3n) is 4.56. The molecule has 2 heterocycles. The van der Waals surface area contributed by atoms with Gasteiger partial charge in [0.1, 0.15) is 0 Å². The summed E-state index contributed by atoms with van der Waals surface area (Å²) in [4.78, 5) is 14.2. The SMILES string of the molecule is CCCOC1CCCN(C(=O)NCC2CCC(C)(C)O2)CC1. The maximum Gasteiger partial charge on any atom is 0.317 e. The van der Waals surface area contributed by atoms with Crippen LogP contribution in [0.1, 0.15) is 59.3 Å². The number of amides is 2. The Morgan fingerprint density at radius 3 is 2.82 bits per heavy atom. The van der Waals surface area contributed by atoms with Gasteiger partial charge in [0, 0.05) is 26.2 Å². The Morgan fingerprint density at radius 2 is 2.14 bits per heavy atom. The highest BCUT2D eigenvalue weighted by Crippen LogP contribution is 2.28. The summed E-state index contributed by atoms with van der Waals surface area (Å²) in [7, 11) is 0. The third kappa shape index (κ3) is 5.43. The molecule has 0 aromatic heterocycles. The Hall–Kier alpha value is -0.810. The minimum absolute atomic E-state index is 0.0398. The second-order valence-electron chi connectivity index (χ2n) is 7.14. The molecule has 2 atom stereocenters. The van der Waals surface area contributed by atoms with E-state index in [2.05, 4.69) is 26.1 Å². The van der Waals surface area contributed by atoms with Gasteiger partial charge in [-0.25, -0.2) is 4.79 Å². The summed E-state index contributed by atoms with van der Waals surface area (Å²) in [6.45, 7) is 9.41. The Labute approximate surface area is 134 Å². The van der Waals surface area contributed by atoms with Gasteiger partial charge in [-0.1, -0.05) is 6.92 Å². The maximum atomic E-state index is 12.3. The smallest absolute Gasteiger partial charge is 0.317 e. The summed E-state index contributed by atoms with van der Waals surface area (Å²) >= 11 is 0. The van der Waals surface area contributed by atoms with Crippen LogP contribution in [0.15, 0.2) is 0 Å². The first-order chi connectivity index (χ1) is 10.5. The Kier molecular flexibility index (Phi) is 6.50. The molecule has 0 aliphatic carbocycles. The standard InChI is InChI=1S/C17H32N2O3/c1-4-12-21-14-6-5-10-19(11-8-14)16(20)18-13-15-7-9-17(2,3)22-15/h14-15H,4-13H2,1-3H3,(H,18,20). The van der Waals surface area contributed by atoms with Crippen molar-refractivity contribution in [2.45, 2.75) is 77.1 Å². The van der Waals surface area contributed by atoms with Crippen LogP contribution < -0.4 is 5.32 Å². The topological polar surface area (TPSA) is 50.8 Å². The van der Waals surface area contributed by atoms with Crippen LogP contribution in [0.4, 0.5) is 4.79 Å². The molecule has 0 aromatic rings. The van der Waals surface area contributed by atoms with E-state index in [1.807, 2.05) is 4.90 Å². The zero-order valence-corrected chi connectivity index (χ0v) is 14.4. The molecule has 2 fully saturated rings. The molecule has 2 unspecified atom stereocenters.